The second kappa shape index (κ2) is 13.1. The summed E-state index contributed by atoms with van der Waals surface area (Å²) in [4.78, 5) is 60.3. The number of carboxylic acid groups (broad SMARTS) is 1. The molecule has 34 heavy (non-hydrogen) atoms. The minimum atomic E-state index is -1.40. The molecule has 0 saturated carbocycles. The van der Waals surface area contributed by atoms with Crippen molar-refractivity contribution in [3.8, 4) is 5.75 Å². The Kier molecular flexibility index (Phi) is 11.0. The van der Waals surface area contributed by atoms with E-state index in [-0.39, 0.29) is 30.9 Å². The second-order valence-electron chi connectivity index (χ2n) is 8.34. The molecule has 0 spiro atoms. The van der Waals surface area contributed by atoms with Gasteiger partial charge in [-0.25, -0.2) is 4.79 Å². The number of aliphatic carboxylic acids is 1. The highest BCUT2D eigenvalue weighted by molar-refractivity contribution is 5.94. The highest BCUT2D eigenvalue weighted by Gasteiger charge is 2.29. The van der Waals surface area contributed by atoms with Crippen molar-refractivity contribution in [3.63, 3.8) is 0 Å². The highest BCUT2D eigenvalue weighted by Crippen LogP contribution is 2.12. The summed E-state index contributed by atoms with van der Waals surface area (Å²) in [6, 6.07) is 1.40. The first-order chi connectivity index (χ1) is 15.8. The van der Waals surface area contributed by atoms with E-state index in [1.54, 1.807) is 13.8 Å². The summed E-state index contributed by atoms with van der Waals surface area (Å²) in [6.45, 7) is 4.93. The molecule has 0 aliphatic heterocycles. The number of amides is 4. The Bertz CT molecular complexity index is 888. The van der Waals surface area contributed by atoms with Gasteiger partial charge < -0.3 is 37.6 Å². The Labute approximate surface area is 197 Å². The summed E-state index contributed by atoms with van der Waals surface area (Å²) in [6.07, 6.45) is -0.520. The maximum absolute atomic E-state index is 12.9. The fraction of sp³-hybridized carbons (Fsp3) is 0.500. The molecular formula is C22H33N5O7. The van der Waals surface area contributed by atoms with Crippen LogP contribution in [0.1, 0.15) is 39.2 Å². The molecule has 0 saturated heterocycles. The van der Waals surface area contributed by atoms with Gasteiger partial charge in [0.2, 0.25) is 23.6 Å². The highest BCUT2D eigenvalue weighted by atomic mass is 16.4. The van der Waals surface area contributed by atoms with Gasteiger partial charge in [0.1, 0.15) is 23.9 Å². The van der Waals surface area contributed by atoms with Crippen molar-refractivity contribution in [1.29, 1.82) is 0 Å². The van der Waals surface area contributed by atoms with Gasteiger partial charge in [0, 0.05) is 12.8 Å². The van der Waals surface area contributed by atoms with E-state index in [9.17, 15) is 34.2 Å². The summed E-state index contributed by atoms with van der Waals surface area (Å²) in [5.74, 6) is -4.27. The molecule has 0 radical (unpaired) electrons. The summed E-state index contributed by atoms with van der Waals surface area (Å²) in [5.41, 5.74) is 11.4. The van der Waals surface area contributed by atoms with E-state index < -0.39 is 53.8 Å². The van der Waals surface area contributed by atoms with Gasteiger partial charge in [-0.2, -0.15) is 0 Å². The Morgan fingerprint density at radius 1 is 0.882 bits per heavy atom. The minimum Gasteiger partial charge on any atom is -0.508 e. The topological polar surface area (TPSA) is 214 Å². The SMILES string of the molecule is CC(NC(=O)C(N)C(C)C)C(=O)NC(Cc1ccc(O)cc1)C(=O)NC(CCC(N)=O)C(=O)O. The molecule has 0 fully saturated rings. The molecule has 1 aromatic rings. The van der Waals surface area contributed by atoms with E-state index >= 15 is 0 Å². The Morgan fingerprint density at radius 2 is 1.44 bits per heavy atom. The van der Waals surface area contributed by atoms with Crippen LogP contribution in [0, 0.1) is 5.92 Å². The van der Waals surface area contributed by atoms with E-state index in [0.29, 0.717) is 5.56 Å². The van der Waals surface area contributed by atoms with Crippen molar-refractivity contribution >= 4 is 29.6 Å². The number of aromatic hydroxyl groups is 1. The molecule has 0 aromatic heterocycles. The van der Waals surface area contributed by atoms with Gasteiger partial charge in [-0.15, -0.1) is 0 Å². The molecule has 1 aromatic carbocycles. The lowest BCUT2D eigenvalue weighted by molar-refractivity contribution is -0.142. The number of phenolic OH excluding ortho intramolecular Hbond substituents is 1. The molecular weight excluding hydrogens is 446 g/mol. The van der Waals surface area contributed by atoms with E-state index in [1.807, 2.05) is 0 Å². The van der Waals surface area contributed by atoms with Crippen molar-refractivity contribution in [1.82, 2.24) is 16.0 Å². The molecule has 0 bridgehead atoms. The van der Waals surface area contributed by atoms with Gasteiger partial charge in [0.05, 0.1) is 6.04 Å². The first-order valence-corrected chi connectivity index (χ1v) is 10.8. The predicted molar refractivity (Wildman–Crippen MR) is 122 cm³/mol. The molecule has 9 N–H and O–H groups in total. The molecule has 12 nitrogen and oxygen atoms in total. The van der Waals surface area contributed by atoms with E-state index in [0.717, 1.165) is 0 Å². The minimum absolute atomic E-state index is 0.00371. The number of hydrogen-bond donors (Lipinski definition) is 7. The molecule has 12 heteroatoms. The van der Waals surface area contributed by atoms with Crippen molar-refractivity contribution in [2.45, 2.75) is 64.2 Å². The van der Waals surface area contributed by atoms with Crippen LogP contribution in [0.15, 0.2) is 24.3 Å². The lowest BCUT2D eigenvalue weighted by Gasteiger charge is -2.24. The zero-order chi connectivity index (χ0) is 26.0. The van der Waals surface area contributed by atoms with Crippen LogP contribution in [0.4, 0.5) is 0 Å². The van der Waals surface area contributed by atoms with E-state index in [4.69, 9.17) is 11.5 Å². The van der Waals surface area contributed by atoms with Crippen molar-refractivity contribution in [2.75, 3.05) is 0 Å². The molecule has 0 aliphatic rings. The first kappa shape index (κ1) is 28.4. The van der Waals surface area contributed by atoms with Gasteiger partial charge in [-0.3, -0.25) is 19.2 Å². The first-order valence-electron chi connectivity index (χ1n) is 10.8. The predicted octanol–water partition coefficient (Wildman–Crippen LogP) is -1.26. The number of rotatable bonds is 13. The molecule has 0 aliphatic carbocycles. The largest absolute Gasteiger partial charge is 0.508 e. The molecule has 1 rings (SSSR count). The third-order valence-corrected chi connectivity index (χ3v) is 5.08. The number of phenols is 1. The van der Waals surface area contributed by atoms with Crippen LogP contribution in [0.3, 0.4) is 0 Å². The lowest BCUT2D eigenvalue weighted by Crippen LogP contribution is -2.57. The molecule has 188 valence electrons. The van der Waals surface area contributed by atoms with Crippen LogP contribution in [0.2, 0.25) is 0 Å². The molecule has 4 unspecified atom stereocenters. The van der Waals surface area contributed by atoms with Crippen LogP contribution in [0.5, 0.6) is 5.75 Å². The quantitative estimate of drug-likeness (QED) is 0.181. The van der Waals surface area contributed by atoms with Gasteiger partial charge in [0.15, 0.2) is 0 Å². The monoisotopic (exact) mass is 479 g/mol. The van der Waals surface area contributed by atoms with Crippen LogP contribution in [-0.2, 0) is 30.4 Å². The standard InChI is InChI=1S/C22H33N5O7/c1-11(2)18(24)21(32)25-12(3)19(30)27-16(10-13-4-6-14(28)7-5-13)20(31)26-15(22(33)34)8-9-17(23)29/h4-7,11-12,15-16,18,28H,8-10,24H2,1-3H3,(H2,23,29)(H,25,32)(H,26,31)(H,27,30)(H,33,34). The fourth-order valence-electron chi connectivity index (χ4n) is 2.87. The average Bonchev–Trinajstić information content (AvgIpc) is 2.76. The summed E-state index contributed by atoms with van der Waals surface area (Å²) >= 11 is 0. The Morgan fingerprint density at radius 3 is 1.94 bits per heavy atom. The van der Waals surface area contributed by atoms with Gasteiger partial charge in [-0.1, -0.05) is 26.0 Å². The maximum Gasteiger partial charge on any atom is 0.326 e. The number of benzene rings is 1. The zero-order valence-electron chi connectivity index (χ0n) is 19.4. The van der Waals surface area contributed by atoms with Crippen molar-refractivity contribution in [2.24, 2.45) is 17.4 Å². The fourth-order valence-corrected chi connectivity index (χ4v) is 2.87. The summed E-state index contributed by atoms with van der Waals surface area (Å²) in [5, 5.41) is 26.1. The Hall–Kier alpha value is -3.67. The van der Waals surface area contributed by atoms with Crippen LogP contribution < -0.4 is 27.4 Å². The number of primary amides is 1. The van der Waals surface area contributed by atoms with Crippen molar-refractivity contribution in [3.05, 3.63) is 29.8 Å². The number of carbonyl (C=O) groups excluding carboxylic acids is 4. The zero-order valence-corrected chi connectivity index (χ0v) is 19.4. The lowest BCUT2D eigenvalue weighted by atomic mass is 10.0. The van der Waals surface area contributed by atoms with Gasteiger partial charge in [-0.05, 0) is 37.0 Å². The maximum atomic E-state index is 12.9. The number of nitrogens with two attached hydrogens (primary N) is 2. The normalized spacial score (nSPS) is 14.4. The van der Waals surface area contributed by atoms with Crippen LogP contribution >= 0.6 is 0 Å². The smallest absolute Gasteiger partial charge is 0.326 e. The molecule has 0 heterocycles. The van der Waals surface area contributed by atoms with Crippen LogP contribution in [0.25, 0.3) is 0 Å². The van der Waals surface area contributed by atoms with Crippen LogP contribution in [-0.4, -0.2) is 64.0 Å². The average molecular weight is 480 g/mol. The summed E-state index contributed by atoms with van der Waals surface area (Å²) < 4.78 is 0. The molecule has 4 atom stereocenters. The van der Waals surface area contributed by atoms with E-state index in [1.165, 1.54) is 31.2 Å². The third-order valence-electron chi connectivity index (χ3n) is 5.08. The van der Waals surface area contributed by atoms with Gasteiger partial charge >= 0.3 is 5.97 Å². The van der Waals surface area contributed by atoms with Gasteiger partial charge in [0.25, 0.3) is 0 Å². The number of carbonyl (C=O) groups is 5. The number of hydrogen-bond acceptors (Lipinski definition) is 7. The van der Waals surface area contributed by atoms with Crippen molar-refractivity contribution < 1.29 is 34.2 Å². The molecule has 4 amide bonds. The Balaban J connectivity index is 3.00. The van der Waals surface area contributed by atoms with E-state index in [2.05, 4.69) is 16.0 Å². The number of nitrogens with one attached hydrogen (secondary N) is 3. The summed E-state index contributed by atoms with van der Waals surface area (Å²) in [7, 11) is 0. The number of carboxylic acids is 1. The third kappa shape index (κ3) is 9.45. The second-order valence-corrected chi connectivity index (χ2v) is 8.34.